The molecular formula is C26H17BrO6. The van der Waals surface area contributed by atoms with E-state index in [1.165, 1.54) is 13.2 Å². The van der Waals surface area contributed by atoms with Gasteiger partial charge in [-0.15, -0.1) is 0 Å². The van der Waals surface area contributed by atoms with Crippen LogP contribution in [0.15, 0.2) is 75.3 Å². The van der Waals surface area contributed by atoms with Crippen molar-refractivity contribution in [2.45, 2.75) is 6.92 Å². The van der Waals surface area contributed by atoms with Gasteiger partial charge in [-0.2, -0.15) is 0 Å². The van der Waals surface area contributed by atoms with Crippen LogP contribution in [0.1, 0.15) is 32.0 Å². The molecule has 4 aromatic rings. The number of allylic oxidation sites excluding steroid dienone is 1. The second-order valence-electron chi connectivity index (χ2n) is 7.48. The molecule has 0 fully saturated rings. The summed E-state index contributed by atoms with van der Waals surface area (Å²) in [5, 5.41) is 0.725. The average molecular weight is 505 g/mol. The first-order chi connectivity index (χ1) is 15.9. The molecule has 33 heavy (non-hydrogen) atoms. The third-order valence-corrected chi connectivity index (χ3v) is 5.78. The molecule has 2 heterocycles. The number of hydrogen-bond donors (Lipinski definition) is 0. The zero-order valence-corrected chi connectivity index (χ0v) is 19.3. The fourth-order valence-corrected chi connectivity index (χ4v) is 3.97. The van der Waals surface area contributed by atoms with Gasteiger partial charge in [0, 0.05) is 15.9 Å². The summed E-state index contributed by atoms with van der Waals surface area (Å²) in [4.78, 5) is 25.6. The standard InChI is InChI=1S/C26H17BrO6/c1-14-10-18(31-26(29)22-12-16-4-3-5-19(30-2)25(16)33-22)13-20-23(14)24(28)21(32-20)11-15-6-8-17(27)9-7-15/h3-13H,1-2H3/b21-11-. The van der Waals surface area contributed by atoms with Crippen LogP contribution < -0.4 is 14.2 Å². The third kappa shape index (κ3) is 3.91. The van der Waals surface area contributed by atoms with Crippen molar-refractivity contribution in [1.82, 2.24) is 0 Å². The Balaban J connectivity index is 1.41. The number of furan rings is 1. The van der Waals surface area contributed by atoms with Crippen molar-refractivity contribution in [3.63, 3.8) is 0 Å². The monoisotopic (exact) mass is 504 g/mol. The van der Waals surface area contributed by atoms with Gasteiger partial charge in [-0.3, -0.25) is 4.79 Å². The molecule has 1 aliphatic rings. The molecule has 1 aliphatic heterocycles. The summed E-state index contributed by atoms with van der Waals surface area (Å²) >= 11 is 3.39. The van der Waals surface area contributed by atoms with Gasteiger partial charge >= 0.3 is 5.97 Å². The van der Waals surface area contributed by atoms with Crippen LogP contribution in [0.25, 0.3) is 17.0 Å². The van der Waals surface area contributed by atoms with Crippen LogP contribution in [-0.2, 0) is 0 Å². The number of fused-ring (bicyclic) bond motifs is 2. The average Bonchev–Trinajstić information content (AvgIpc) is 3.37. The molecule has 7 heteroatoms. The molecule has 5 rings (SSSR count). The Bertz CT molecular complexity index is 1450. The topological polar surface area (TPSA) is 75.0 Å². The van der Waals surface area contributed by atoms with Crippen LogP contribution in [-0.4, -0.2) is 18.9 Å². The molecule has 0 spiro atoms. The number of carbonyl (C=O) groups excluding carboxylic acids is 2. The van der Waals surface area contributed by atoms with Crippen LogP contribution in [0, 0.1) is 6.92 Å². The van der Waals surface area contributed by atoms with Crippen molar-refractivity contribution in [3.8, 4) is 17.2 Å². The first-order valence-corrected chi connectivity index (χ1v) is 10.9. The lowest BCUT2D eigenvalue weighted by atomic mass is 10.0. The Morgan fingerprint density at radius 3 is 2.61 bits per heavy atom. The molecule has 0 bridgehead atoms. The van der Waals surface area contributed by atoms with Gasteiger partial charge in [-0.25, -0.2) is 4.79 Å². The van der Waals surface area contributed by atoms with Gasteiger partial charge in [-0.05, 0) is 54.5 Å². The predicted molar refractivity (Wildman–Crippen MR) is 126 cm³/mol. The van der Waals surface area contributed by atoms with E-state index in [-0.39, 0.29) is 23.1 Å². The van der Waals surface area contributed by atoms with E-state index in [1.54, 1.807) is 31.2 Å². The molecule has 0 atom stereocenters. The molecule has 0 N–H and O–H groups in total. The fourth-order valence-electron chi connectivity index (χ4n) is 3.70. The smallest absolute Gasteiger partial charge is 0.379 e. The largest absolute Gasteiger partial charge is 0.493 e. The van der Waals surface area contributed by atoms with Crippen molar-refractivity contribution in [2.24, 2.45) is 0 Å². The van der Waals surface area contributed by atoms with Crippen molar-refractivity contribution in [1.29, 1.82) is 0 Å². The van der Waals surface area contributed by atoms with E-state index >= 15 is 0 Å². The highest BCUT2D eigenvalue weighted by atomic mass is 79.9. The summed E-state index contributed by atoms with van der Waals surface area (Å²) < 4.78 is 23.2. The zero-order chi connectivity index (χ0) is 23.1. The third-order valence-electron chi connectivity index (χ3n) is 5.25. The van der Waals surface area contributed by atoms with Crippen LogP contribution in [0.3, 0.4) is 0 Å². The summed E-state index contributed by atoms with van der Waals surface area (Å²) in [6.07, 6.45) is 1.68. The van der Waals surface area contributed by atoms with E-state index in [1.807, 2.05) is 36.4 Å². The SMILES string of the molecule is COc1cccc2cc(C(=O)Oc3cc(C)c4c(c3)O/C(=C\c3ccc(Br)cc3)C4=O)oc12. The van der Waals surface area contributed by atoms with E-state index in [0.717, 1.165) is 15.4 Å². The van der Waals surface area contributed by atoms with Gasteiger partial charge in [0.15, 0.2) is 17.1 Å². The molecule has 0 amide bonds. The summed E-state index contributed by atoms with van der Waals surface area (Å²) in [7, 11) is 1.53. The molecular weight excluding hydrogens is 488 g/mol. The number of hydrogen-bond acceptors (Lipinski definition) is 6. The van der Waals surface area contributed by atoms with Gasteiger partial charge in [-0.1, -0.05) is 40.2 Å². The first kappa shape index (κ1) is 21.0. The number of rotatable bonds is 4. The quantitative estimate of drug-likeness (QED) is 0.183. The minimum Gasteiger partial charge on any atom is -0.493 e. The van der Waals surface area contributed by atoms with Gasteiger partial charge in [0.2, 0.25) is 11.5 Å². The van der Waals surface area contributed by atoms with Crippen molar-refractivity contribution in [2.75, 3.05) is 7.11 Å². The van der Waals surface area contributed by atoms with Gasteiger partial charge in [0.05, 0.1) is 12.7 Å². The Morgan fingerprint density at radius 1 is 1.06 bits per heavy atom. The van der Waals surface area contributed by atoms with Crippen LogP contribution in [0.4, 0.5) is 0 Å². The highest BCUT2D eigenvalue weighted by Gasteiger charge is 2.30. The minimum absolute atomic E-state index is 0.0421. The van der Waals surface area contributed by atoms with Gasteiger partial charge < -0.3 is 18.6 Å². The Hall–Kier alpha value is -3.84. The minimum atomic E-state index is -0.664. The maximum Gasteiger partial charge on any atom is 0.379 e. The van der Waals surface area contributed by atoms with E-state index in [4.69, 9.17) is 18.6 Å². The number of ketones is 1. The number of halogens is 1. The first-order valence-electron chi connectivity index (χ1n) is 10.1. The van der Waals surface area contributed by atoms with E-state index < -0.39 is 5.97 Å². The van der Waals surface area contributed by atoms with E-state index in [2.05, 4.69) is 15.9 Å². The number of benzene rings is 3. The molecule has 6 nitrogen and oxygen atoms in total. The van der Waals surface area contributed by atoms with Crippen LogP contribution in [0.5, 0.6) is 17.2 Å². The zero-order valence-electron chi connectivity index (χ0n) is 17.7. The molecule has 0 radical (unpaired) electrons. The van der Waals surface area contributed by atoms with Crippen molar-refractivity contribution >= 4 is 44.7 Å². The van der Waals surface area contributed by atoms with E-state index in [0.29, 0.717) is 28.2 Å². The fraction of sp³-hybridized carbons (Fsp3) is 0.0769. The van der Waals surface area contributed by atoms with Crippen molar-refractivity contribution in [3.05, 3.63) is 93.3 Å². The summed E-state index contributed by atoms with van der Waals surface area (Å²) in [6, 6.07) is 17.6. The van der Waals surface area contributed by atoms with Gasteiger partial charge in [0.1, 0.15) is 11.5 Å². The second kappa shape index (κ2) is 8.26. The molecule has 164 valence electrons. The van der Waals surface area contributed by atoms with Gasteiger partial charge in [0.25, 0.3) is 0 Å². The molecule has 0 unspecified atom stereocenters. The maximum atomic E-state index is 12.9. The number of Topliss-reactive ketones (excluding diaryl/α,β-unsaturated/α-hetero) is 1. The number of esters is 1. The van der Waals surface area contributed by atoms with Crippen LogP contribution >= 0.6 is 15.9 Å². The highest BCUT2D eigenvalue weighted by molar-refractivity contribution is 9.10. The number of para-hydroxylation sites is 1. The summed E-state index contributed by atoms with van der Waals surface area (Å²) in [5.74, 6) is 0.495. The lowest BCUT2D eigenvalue weighted by Gasteiger charge is -2.06. The summed E-state index contributed by atoms with van der Waals surface area (Å²) in [5.41, 5.74) is 2.39. The number of carbonyl (C=O) groups is 2. The molecule has 1 aromatic heterocycles. The Kier molecular flexibility index (Phi) is 5.26. The Morgan fingerprint density at radius 2 is 1.85 bits per heavy atom. The lowest BCUT2D eigenvalue weighted by Crippen LogP contribution is -2.07. The number of ether oxygens (including phenoxy) is 3. The van der Waals surface area contributed by atoms with Crippen molar-refractivity contribution < 1.29 is 28.2 Å². The Labute approximate surface area is 197 Å². The second-order valence-corrected chi connectivity index (χ2v) is 8.40. The predicted octanol–water partition coefficient (Wildman–Crippen LogP) is 6.35. The van der Waals surface area contributed by atoms with Crippen LogP contribution in [0.2, 0.25) is 0 Å². The normalized spacial score (nSPS) is 13.8. The maximum absolute atomic E-state index is 12.9. The van der Waals surface area contributed by atoms with E-state index in [9.17, 15) is 9.59 Å². The highest BCUT2D eigenvalue weighted by Crippen LogP contribution is 2.38. The summed E-state index contributed by atoms with van der Waals surface area (Å²) in [6.45, 7) is 1.77. The number of methoxy groups -OCH3 is 1. The number of aryl methyl sites for hydroxylation is 1. The molecule has 0 saturated heterocycles. The molecule has 0 saturated carbocycles. The molecule has 0 aliphatic carbocycles. The lowest BCUT2D eigenvalue weighted by molar-refractivity contribution is 0.0703. The molecule has 3 aromatic carbocycles.